The number of hydrogen-bond acceptors (Lipinski definition) is 3. The molecule has 0 saturated carbocycles. The van der Waals surface area contributed by atoms with Gasteiger partial charge in [0.1, 0.15) is 5.76 Å². The SMILES string of the molecule is O=C(NCc1ccc(-c2ccco2)o1)[C@H]1CC=CCC1. The second-order valence-electron chi connectivity index (χ2n) is 4.94. The van der Waals surface area contributed by atoms with E-state index in [0.717, 1.165) is 25.0 Å². The fourth-order valence-corrected chi connectivity index (χ4v) is 2.37. The summed E-state index contributed by atoms with van der Waals surface area (Å²) in [6, 6.07) is 7.37. The third kappa shape index (κ3) is 2.85. The van der Waals surface area contributed by atoms with Crippen molar-refractivity contribution < 1.29 is 13.6 Å². The highest BCUT2D eigenvalue weighted by Gasteiger charge is 2.18. The van der Waals surface area contributed by atoms with Crippen molar-refractivity contribution in [1.82, 2.24) is 5.32 Å². The van der Waals surface area contributed by atoms with Gasteiger partial charge >= 0.3 is 0 Å². The monoisotopic (exact) mass is 271 g/mol. The van der Waals surface area contributed by atoms with Crippen molar-refractivity contribution in [3.63, 3.8) is 0 Å². The minimum Gasteiger partial charge on any atom is -0.461 e. The van der Waals surface area contributed by atoms with Crippen LogP contribution in [-0.4, -0.2) is 5.91 Å². The first-order chi connectivity index (χ1) is 9.83. The molecule has 4 nitrogen and oxygen atoms in total. The number of hydrogen-bond donors (Lipinski definition) is 1. The summed E-state index contributed by atoms with van der Waals surface area (Å²) in [6.07, 6.45) is 8.57. The lowest BCUT2D eigenvalue weighted by molar-refractivity contribution is -0.125. The molecule has 0 radical (unpaired) electrons. The maximum absolute atomic E-state index is 12.0. The number of nitrogens with one attached hydrogen (secondary N) is 1. The van der Waals surface area contributed by atoms with E-state index in [1.54, 1.807) is 6.26 Å². The van der Waals surface area contributed by atoms with Gasteiger partial charge in [-0.05, 0) is 43.5 Å². The Balaban J connectivity index is 1.56. The van der Waals surface area contributed by atoms with Crippen molar-refractivity contribution in [3.05, 3.63) is 48.4 Å². The van der Waals surface area contributed by atoms with Crippen LogP contribution in [-0.2, 0) is 11.3 Å². The Morgan fingerprint density at radius 1 is 1.25 bits per heavy atom. The molecule has 0 aliphatic heterocycles. The minimum atomic E-state index is 0.0968. The summed E-state index contributed by atoms with van der Waals surface area (Å²) in [5.41, 5.74) is 0. The third-order valence-electron chi connectivity index (χ3n) is 3.50. The van der Waals surface area contributed by atoms with E-state index in [1.165, 1.54) is 0 Å². The van der Waals surface area contributed by atoms with Crippen molar-refractivity contribution in [2.45, 2.75) is 25.8 Å². The van der Waals surface area contributed by atoms with Crippen LogP contribution in [0.3, 0.4) is 0 Å². The van der Waals surface area contributed by atoms with Crippen LogP contribution in [0.25, 0.3) is 11.5 Å². The van der Waals surface area contributed by atoms with Crippen LogP contribution in [0.15, 0.2) is 51.5 Å². The van der Waals surface area contributed by atoms with Crippen LogP contribution < -0.4 is 5.32 Å². The molecule has 2 heterocycles. The van der Waals surface area contributed by atoms with Gasteiger partial charge in [-0.25, -0.2) is 0 Å². The van der Waals surface area contributed by atoms with Gasteiger partial charge < -0.3 is 14.2 Å². The number of amides is 1. The molecule has 1 amide bonds. The molecule has 0 fully saturated rings. The summed E-state index contributed by atoms with van der Waals surface area (Å²) in [7, 11) is 0. The Labute approximate surface area is 117 Å². The number of rotatable bonds is 4. The maximum atomic E-state index is 12.0. The summed E-state index contributed by atoms with van der Waals surface area (Å²) < 4.78 is 10.9. The predicted octanol–water partition coefficient (Wildman–Crippen LogP) is 3.51. The lowest BCUT2D eigenvalue weighted by atomic mass is 9.94. The van der Waals surface area contributed by atoms with E-state index in [1.807, 2.05) is 24.3 Å². The van der Waals surface area contributed by atoms with E-state index in [2.05, 4.69) is 17.5 Å². The van der Waals surface area contributed by atoms with Crippen LogP contribution >= 0.6 is 0 Å². The molecule has 1 atom stereocenters. The normalized spacial score (nSPS) is 18.1. The average Bonchev–Trinajstić information content (AvgIpc) is 3.16. The summed E-state index contributed by atoms with van der Waals surface area (Å²) in [6.45, 7) is 0.416. The topological polar surface area (TPSA) is 55.4 Å². The molecule has 0 saturated heterocycles. The molecule has 2 aromatic heterocycles. The molecule has 1 aliphatic carbocycles. The smallest absolute Gasteiger partial charge is 0.223 e. The number of furan rings is 2. The molecule has 1 N–H and O–H groups in total. The van der Waals surface area contributed by atoms with Gasteiger partial charge in [-0.15, -0.1) is 0 Å². The van der Waals surface area contributed by atoms with Gasteiger partial charge in [0.15, 0.2) is 11.5 Å². The summed E-state index contributed by atoms with van der Waals surface area (Å²) in [4.78, 5) is 12.0. The first kappa shape index (κ1) is 12.8. The number of carbonyl (C=O) groups is 1. The van der Waals surface area contributed by atoms with Crippen LogP contribution in [0.4, 0.5) is 0 Å². The maximum Gasteiger partial charge on any atom is 0.223 e. The van der Waals surface area contributed by atoms with Crippen molar-refractivity contribution in [1.29, 1.82) is 0 Å². The standard InChI is InChI=1S/C16H17NO3/c18-16(12-5-2-1-3-6-12)17-11-13-8-9-15(20-13)14-7-4-10-19-14/h1-2,4,7-10,12H,3,5-6,11H2,(H,17,18)/t12-/m0/s1. The van der Waals surface area contributed by atoms with E-state index in [4.69, 9.17) is 8.83 Å². The van der Waals surface area contributed by atoms with E-state index >= 15 is 0 Å². The zero-order chi connectivity index (χ0) is 13.8. The highest BCUT2D eigenvalue weighted by atomic mass is 16.4. The largest absolute Gasteiger partial charge is 0.461 e. The molecule has 0 spiro atoms. The molecule has 1 aliphatic rings. The Hall–Kier alpha value is -2.23. The van der Waals surface area contributed by atoms with Gasteiger partial charge in [0, 0.05) is 5.92 Å². The molecule has 4 heteroatoms. The molecular weight excluding hydrogens is 254 g/mol. The van der Waals surface area contributed by atoms with E-state index in [0.29, 0.717) is 18.1 Å². The third-order valence-corrected chi connectivity index (χ3v) is 3.50. The van der Waals surface area contributed by atoms with Crippen molar-refractivity contribution >= 4 is 5.91 Å². The highest BCUT2D eigenvalue weighted by Crippen LogP contribution is 2.23. The lowest BCUT2D eigenvalue weighted by Crippen LogP contribution is -2.30. The summed E-state index contributed by atoms with van der Waals surface area (Å²) in [5, 5.41) is 2.93. The summed E-state index contributed by atoms with van der Waals surface area (Å²) in [5.74, 6) is 2.31. The first-order valence-electron chi connectivity index (χ1n) is 6.88. The lowest BCUT2D eigenvalue weighted by Gasteiger charge is -2.16. The molecule has 0 unspecified atom stereocenters. The number of carbonyl (C=O) groups excluding carboxylic acids is 1. The van der Waals surface area contributed by atoms with Gasteiger partial charge in [0.25, 0.3) is 0 Å². The Morgan fingerprint density at radius 3 is 2.95 bits per heavy atom. The molecule has 0 bridgehead atoms. The number of allylic oxidation sites excluding steroid dienone is 2. The Morgan fingerprint density at radius 2 is 2.20 bits per heavy atom. The van der Waals surface area contributed by atoms with Gasteiger partial charge in [-0.1, -0.05) is 12.2 Å². The van der Waals surface area contributed by atoms with Gasteiger partial charge in [-0.2, -0.15) is 0 Å². The predicted molar refractivity (Wildman–Crippen MR) is 74.7 cm³/mol. The summed E-state index contributed by atoms with van der Waals surface area (Å²) >= 11 is 0. The van der Waals surface area contributed by atoms with Crippen molar-refractivity contribution in [2.75, 3.05) is 0 Å². The van der Waals surface area contributed by atoms with Crippen LogP contribution in [0.5, 0.6) is 0 Å². The highest BCUT2D eigenvalue weighted by molar-refractivity contribution is 5.78. The molecule has 104 valence electrons. The zero-order valence-corrected chi connectivity index (χ0v) is 11.2. The Kier molecular flexibility index (Phi) is 3.72. The average molecular weight is 271 g/mol. The van der Waals surface area contributed by atoms with E-state index < -0.39 is 0 Å². The van der Waals surface area contributed by atoms with Gasteiger partial charge in [-0.3, -0.25) is 4.79 Å². The van der Waals surface area contributed by atoms with E-state index in [9.17, 15) is 4.79 Å². The van der Waals surface area contributed by atoms with E-state index in [-0.39, 0.29) is 11.8 Å². The van der Waals surface area contributed by atoms with Crippen LogP contribution in [0.1, 0.15) is 25.0 Å². The zero-order valence-electron chi connectivity index (χ0n) is 11.2. The van der Waals surface area contributed by atoms with Gasteiger partial charge in [0.2, 0.25) is 5.91 Å². The fraction of sp³-hybridized carbons (Fsp3) is 0.312. The van der Waals surface area contributed by atoms with Crippen molar-refractivity contribution in [2.24, 2.45) is 5.92 Å². The molecule has 3 rings (SSSR count). The first-order valence-corrected chi connectivity index (χ1v) is 6.88. The molecule has 20 heavy (non-hydrogen) atoms. The minimum absolute atomic E-state index is 0.0968. The van der Waals surface area contributed by atoms with Gasteiger partial charge in [0.05, 0.1) is 12.8 Å². The molecule has 0 aromatic carbocycles. The second kappa shape index (κ2) is 5.82. The van der Waals surface area contributed by atoms with Crippen LogP contribution in [0.2, 0.25) is 0 Å². The fourth-order valence-electron chi connectivity index (χ4n) is 2.37. The Bertz CT molecular complexity index is 595. The van der Waals surface area contributed by atoms with Crippen LogP contribution in [0, 0.1) is 5.92 Å². The molecule has 2 aromatic rings. The second-order valence-corrected chi connectivity index (χ2v) is 4.94. The van der Waals surface area contributed by atoms with Crippen molar-refractivity contribution in [3.8, 4) is 11.5 Å². The molecular formula is C16H17NO3. The quantitative estimate of drug-likeness (QED) is 0.866.